The molecule has 1 amide bonds. The average Bonchev–Trinajstić information content (AvgIpc) is 3.36. The lowest BCUT2D eigenvalue weighted by Gasteiger charge is -2.40. The molecule has 11 nitrogen and oxygen atoms in total. The molecule has 1 aliphatic rings. The monoisotopic (exact) mass is 1000 g/mol. The maximum atomic E-state index is 13.2. The molecule has 418 valence electrons. The molecule has 0 aromatic rings. The standard InChI is InChI=1S/C59H117NO10/c1-3-5-7-9-11-13-15-17-19-21-23-25-26-27-29-31-33-35-37-39-41-43-45-47-52(63)58(68)60-50(49-69-59-57(67)56(66)55(65)53(48-61)70-59)54(64)51(62)46-44-42-40-38-36-34-32-30-28-24-22-20-18-16-14-12-10-8-6-4-2/h50-57,59,61-67H,3-49H2,1-2H3,(H,60,68). The van der Waals surface area contributed by atoms with Crippen LogP contribution < -0.4 is 5.32 Å². The van der Waals surface area contributed by atoms with Crippen LogP contribution in [0.3, 0.4) is 0 Å². The minimum Gasteiger partial charge on any atom is -0.394 e. The summed E-state index contributed by atoms with van der Waals surface area (Å²) >= 11 is 0. The highest BCUT2D eigenvalue weighted by atomic mass is 16.7. The van der Waals surface area contributed by atoms with Crippen LogP contribution in [0.1, 0.15) is 303 Å². The zero-order chi connectivity index (χ0) is 51.1. The third-order valence-electron chi connectivity index (χ3n) is 15.2. The highest BCUT2D eigenvalue weighted by Crippen LogP contribution is 2.24. The summed E-state index contributed by atoms with van der Waals surface area (Å²) in [4.78, 5) is 13.2. The summed E-state index contributed by atoms with van der Waals surface area (Å²) in [6, 6.07) is -1.16. The van der Waals surface area contributed by atoms with Gasteiger partial charge >= 0.3 is 0 Å². The number of hydrogen-bond acceptors (Lipinski definition) is 10. The van der Waals surface area contributed by atoms with Gasteiger partial charge in [-0.15, -0.1) is 0 Å². The lowest BCUT2D eigenvalue weighted by molar-refractivity contribution is -0.303. The van der Waals surface area contributed by atoms with Gasteiger partial charge in [-0.3, -0.25) is 4.79 Å². The molecule has 1 rings (SSSR count). The predicted molar refractivity (Wildman–Crippen MR) is 289 cm³/mol. The van der Waals surface area contributed by atoms with Gasteiger partial charge in [0.15, 0.2) is 6.29 Å². The van der Waals surface area contributed by atoms with Gasteiger partial charge in [-0.2, -0.15) is 0 Å². The van der Waals surface area contributed by atoms with E-state index >= 15 is 0 Å². The highest BCUT2D eigenvalue weighted by Gasteiger charge is 2.44. The molecule has 9 atom stereocenters. The Hall–Kier alpha value is -0.890. The summed E-state index contributed by atoms with van der Waals surface area (Å²) in [7, 11) is 0. The molecular formula is C59H117NO10. The zero-order valence-electron chi connectivity index (χ0n) is 45.8. The van der Waals surface area contributed by atoms with Crippen molar-refractivity contribution in [2.45, 2.75) is 358 Å². The van der Waals surface area contributed by atoms with E-state index in [1.54, 1.807) is 0 Å². The van der Waals surface area contributed by atoms with Crippen LogP contribution >= 0.6 is 0 Å². The maximum absolute atomic E-state index is 13.2. The molecule has 70 heavy (non-hydrogen) atoms. The molecule has 8 N–H and O–H groups in total. The maximum Gasteiger partial charge on any atom is 0.249 e. The number of aliphatic hydroxyl groups excluding tert-OH is 7. The Morgan fingerprint density at radius 2 is 0.743 bits per heavy atom. The number of nitrogens with one attached hydrogen (secondary N) is 1. The van der Waals surface area contributed by atoms with E-state index in [1.165, 1.54) is 225 Å². The van der Waals surface area contributed by atoms with Crippen molar-refractivity contribution in [3.63, 3.8) is 0 Å². The summed E-state index contributed by atoms with van der Waals surface area (Å²) in [6.07, 6.45) is 44.4. The third-order valence-corrected chi connectivity index (χ3v) is 15.2. The highest BCUT2D eigenvalue weighted by molar-refractivity contribution is 5.80. The number of aliphatic hydroxyl groups is 7. The Morgan fingerprint density at radius 3 is 1.06 bits per heavy atom. The SMILES string of the molecule is CCCCCCCCCCCCCCCCCCCCCCCCCC(O)C(=O)NC(COC1OC(CO)C(O)C(O)C1O)C(O)C(O)CCCCCCCCCCCCCCCCCCCCCC. The van der Waals surface area contributed by atoms with Gasteiger partial charge in [-0.1, -0.05) is 290 Å². The summed E-state index contributed by atoms with van der Waals surface area (Å²) in [5.41, 5.74) is 0. The van der Waals surface area contributed by atoms with E-state index in [1.807, 2.05) is 0 Å². The molecule has 0 spiro atoms. The fraction of sp³-hybridized carbons (Fsp3) is 0.983. The van der Waals surface area contributed by atoms with Crippen LogP contribution in [0, 0.1) is 0 Å². The van der Waals surface area contributed by atoms with Gasteiger partial charge in [0.25, 0.3) is 0 Å². The van der Waals surface area contributed by atoms with Crippen molar-refractivity contribution >= 4 is 5.91 Å². The Kier molecular flexibility index (Phi) is 47.0. The van der Waals surface area contributed by atoms with Crippen LogP contribution in [-0.2, 0) is 14.3 Å². The first-order valence-electron chi connectivity index (χ1n) is 30.4. The van der Waals surface area contributed by atoms with E-state index in [2.05, 4.69) is 19.2 Å². The number of carbonyl (C=O) groups excluding carboxylic acids is 1. The number of unbranched alkanes of at least 4 members (excludes halogenated alkanes) is 41. The summed E-state index contributed by atoms with van der Waals surface area (Å²) in [6.45, 7) is 3.51. The quantitative estimate of drug-likeness (QED) is 0.0272. The molecule has 9 unspecified atom stereocenters. The largest absolute Gasteiger partial charge is 0.394 e. The molecule has 0 bridgehead atoms. The number of amides is 1. The first-order chi connectivity index (χ1) is 34.2. The third kappa shape index (κ3) is 36.9. The van der Waals surface area contributed by atoms with Gasteiger partial charge < -0.3 is 50.5 Å². The van der Waals surface area contributed by atoms with Gasteiger partial charge in [-0.25, -0.2) is 0 Å². The van der Waals surface area contributed by atoms with Crippen LogP contribution in [0.5, 0.6) is 0 Å². The van der Waals surface area contributed by atoms with Crippen molar-refractivity contribution < 1.29 is 50.0 Å². The first kappa shape index (κ1) is 67.1. The summed E-state index contributed by atoms with van der Waals surface area (Å²) in [5, 5.41) is 76.3. The predicted octanol–water partition coefficient (Wildman–Crippen LogP) is 13.0. The smallest absolute Gasteiger partial charge is 0.249 e. The molecule has 0 aliphatic carbocycles. The van der Waals surface area contributed by atoms with Crippen LogP contribution in [0.25, 0.3) is 0 Å². The van der Waals surface area contributed by atoms with Crippen molar-refractivity contribution in [3.8, 4) is 0 Å². The van der Waals surface area contributed by atoms with Crippen molar-refractivity contribution in [3.05, 3.63) is 0 Å². The Bertz CT molecular complexity index is 1100. The van der Waals surface area contributed by atoms with Gasteiger partial charge in [0.2, 0.25) is 5.91 Å². The molecular weight excluding hydrogens is 883 g/mol. The van der Waals surface area contributed by atoms with Crippen LogP contribution in [0.2, 0.25) is 0 Å². The minimum absolute atomic E-state index is 0.267. The molecule has 0 aromatic carbocycles. The van der Waals surface area contributed by atoms with Gasteiger partial charge in [0.1, 0.15) is 36.6 Å². The fourth-order valence-corrected chi connectivity index (χ4v) is 10.2. The second-order valence-electron chi connectivity index (χ2n) is 21.8. The molecule has 1 fully saturated rings. The lowest BCUT2D eigenvalue weighted by atomic mass is 9.98. The normalized spacial score (nSPS) is 20.2. The Morgan fingerprint density at radius 1 is 0.443 bits per heavy atom. The average molecular weight is 1000 g/mol. The zero-order valence-corrected chi connectivity index (χ0v) is 45.8. The molecule has 1 heterocycles. The van der Waals surface area contributed by atoms with Crippen molar-refractivity contribution in [1.82, 2.24) is 5.32 Å². The topological polar surface area (TPSA) is 189 Å². The van der Waals surface area contributed by atoms with E-state index in [-0.39, 0.29) is 6.42 Å². The van der Waals surface area contributed by atoms with Crippen LogP contribution in [0.15, 0.2) is 0 Å². The summed E-state index contributed by atoms with van der Waals surface area (Å²) in [5.74, 6) is -0.689. The van der Waals surface area contributed by atoms with Gasteiger partial charge in [0.05, 0.1) is 25.4 Å². The van der Waals surface area contributed by atoms with E-state index in [4.69, 9.17) is 9.47 Å². The molecule has 11 heteroatoms. The van der Waals surface area contributed by atoms with Gasteiger partial charge in [0, 0.05) is 0 Å². The number of hydrogen-bond donors (Lipinski definition) is 8. The second kappa shape index (κ2) is 49.0. The van der Waals surface area contributed by atoms with Crippen LogP contribution in [-0.4, -0.2) is 110 Å². The minimum atomic E-state index is -1.66. The van der Waals surface area contributed by atoms with Crippen molar-refractivity contribution in [2.24, 2.45) is 0 Å². The fourth-order valence-electron chi connectivity index (χ4n) is 10.2. The van der Waals surface area contributed by atoms with Crippen molar-refractivity contribution in [1.29, 1.82) is 0 Å². The molecule has 0 saturated carbocycles. The van der Waals surface area contributed by atoms with E-state index in [0.29, 0.717) is 19.3 Å². The Balaban J connectivity index is 2.27. The second-order valence-corrected chi connectivity index (χ2v) is 21.8. The van der Waals surface area contributed by atoms with Crippen molar-refractivity contribution in [2.75, 3.05) is 13.2 Å². The molecule has 1 aliphatic heterocycles. The van der Waals surface area contributed by atoms with E-state index in [9.17, 15) is 40.5 Å². The number of ether oxygens (including phenoxy) is 2. The van der Waals surface area contributed by atoms with E-state index in [0.717, 1.165) is 38.5 Å². The molecule has 0 radical (unpaired) electrons. The Labute approximate surface area is 430 Å². The van der Waals surface area contributed by atoms with Gasteiger partial charge in [-0.05, 0) is 12.8 Å². The van der Waals surface area contributed by atoms with Crippen LogP contribution in [0.4, 0.5) is 0 Å². The summed E-state index contributed by atoms with van der Waals surface area (Å²) < 4.78 is 11.2. The first-order valence-corrected chi connectivity index (χ1v) is 30.4. The molecule has 1 saturated heterocycles. The molecule has 0 aromatic heterocycles. The lowest BCUT2D eigenvalue weighted by Crippen LogP contribution is -2.60. The van der Waals surface area contributed by atoms with E-state index < -0.39 is 74.2 Å². The number of rotatable bonds is 53. The number of carbonyl (C=O) groups is 1.